The standard InChI is InChI=1S/C86H167NO5/c1-3-5-7-9-11-13-15-17-19-21-22-23-41-44-47-50-54-58-62-66-70-74-78-84(89)83(82-88)87-85(90)79-75-71-67-63-59-55-51-48-45-42-39-37-35-33-31-29-27-25-24-26-28-30-32-34-36-38-40-43-46-49-53-57-61-65-69-73-77-81-92-86(91)80-76-72-68-64-60-56-52-20-18-16-14-12-10-8-6-4-2/h24,26,30,32,83-84,88-89H,3-23,25,27-29,31,33-82H2,1-2H3,(H,87,90)/b26-24-,32-30-. The van der Waals surface area contributed by atoms with E-state index in [9.17, 15) is 19.8 Å². The molecule has 0 aliphatic carbocycles. The monoisotopic (exact) mass is 1290 g/mol. The van der Waals surface area contributed by atoms with Crippen LogP contribution in [-0.4, -0.2) is 47.4 Å². The molecule has 0 aromatic rings. The van der Waals surface area contributed by atoms with E-state index in [2.05, 4.69) is 43.5 Å². The van der Waals surface area contributed by atoms with Crippen LogP contribution in [0.25, 0.3) is 0 Å². The maximum Gasteiger partial charge on any atom is 0.305 e. The lowest BCUT2D eigenvalue weighted by Crippen LogP contribution is -2.45. The maximum atomic E-state index is 12.6. The second-order valence-electron chi connectivity index (χ2n) is 29.5. The van der Waals surface area contributed by atoms with Crippen molar-refractivity contribution in [1.29, 1.82) is 0 Å². The van der Waals surface area contributed by atoms with E-state index >= 15 is 0 Å². The van der Waals surface area contributed by atoms with Gasteiger partial charge < -0.3 is 20.3 Å². The van der Waals surface area contributed by atoms with Crippen LogP contribution in [0.4, 0.5) is 0 Å². The number of ether oxygens (including phenoxy) is 1. The third-order valence-electron chi connectivity index (χ3n) is 20.3. The minimum absolute atomic E-state index is 0.0234. The van der Waals surface area contributed by atoms with Crippen LogP contribution in [-0.2, 0) is 14.3 Å². The molecular weight excluding hydrogens is 1130 g/mol. The van der Waals surface area contributed by atoms with Gasteiger partial charge in [0.2, 0.25) is 5.91 Å². The van der Waals surface area contributed by atoms with Gasteiger partial charge in [-0.15, -0.1) is 0 Å². The van der Waals surface area contributed by atoms with E-state index in [-0.39, 0.29) is 18.5 Å². The number of carbonyl (C=O) groups excluding carboxylic acids is 2. The smallest absolute Gasteiger partial charge is 0.305 e. The first-order chi connectivity index (χ1) is 45.5. The lowest BCUT2D eigenvalue weighted by molar-refractivity contribution is -0.143. The van der Waals surface area contributed by atoms with Crippen LogP contribution < -0.4 is 5.32 Å². The first kappa shape index (κ1) is 90.3. The summed E-state index contributed by atoms with van der Waals surface area (Å²) in [6, 6.07) is -0.540. The number of amides is 1. The predicted octanol–water partition coefficient (Wildman–Crippen LogP) is 28.4. The second-order valence-corrected chi connectivity index (χ2v) is 29.5. The average Bonchev–Trinajstić information content (AvgIpc) is 3.66. The summed E-state index contributed by atoms with van der Waals surface area (Å²) in [5, 5.41) is 23.5. The predicted molar refractivity (Wildman–Crippen MR) is 407 cm³/mol. The molecule has 0 aliphatic heterocycles. The first-order valence-electron chi connectivity index (χ1n) is 42.6. The summed E-state index contributed by atoms with van der Waals surface area (Å²) in [6.07, 6.45) is 106. The molecule has 0 saturated heterocycles. The lowest BCUT2D eigenvalue weighted by atomic mass is 10.0. The molecule has 0 bridgehead atoms. The van der Waals surface area contributed by atoms with E-state index in [1.54, 1.807) is 0 Å². The molecule has 0 rings (SSSR count). The van der Waals surface area contributed by atoms with Crippen LogP contribution in [0.5, 0.6) is 0 Å². The number of rotatable bonds is 81. The Kier molecular flexibility index (Phi) is 80.3. The zero-order chi connectivity index (χ0) is 66.3. The Balaban J connectivity index is 3.35. The van der Waals surface area contributed by atoms with Gasteiger partial charge >= 0.3 is 5.97 Å². The third-order valence-corrected chi connectivity index (χ3v) is 20.3. The van der Waals surface area contributed by atoms with Crippen molar-refractivity contribution >= 4 is 11.9 Å². The molecule has 3 N–H and O–H groups in total. The molecule has 0 saturated carbocycles. The van der Waals surface area contributed by atoms with Crippen LogP contribution in [0.1, 0.15) is 489 Å². The highest BCUT2D eigenvalue weighted by Crippen LogP contribution is 2.21. The van der Waals surface area contributed by atoms with Gasteiger partial charge in [-0.25, -0.2) is 0 Å². The molecule has 0 aliphatic rings. The van der Waals surface area contributed by atoms with Gasteiger partial charge in [-0.1, -0.05) is 443 Å². The van der Waals surface area contributed by atoms with Crippen molar-refractivity contribution in [3.05, 3.63) is 24.3 Å². The summed E-state index contributed by atoms with van der Waals surface area (Å²) in [5.74, 6) is -0.00297. The Bertz CT molecular complexity index is 1450. The van der Waals surface area contributed by atoms with Crippen molar-refractivity contribution in [3.63, 3.8) is 0 Å². The van der Waals surface area contributed by atoms with Gasteiger partial charge in [0, 0.05) is 12.8 Å². The van der Waals surface area contributed by atoms with Gasteiger partial charge in [-0.2, -0.15) is 0 Å². The molecule has 2 atom stereocenters. The molecule has 0 radical (unpaired) electrons. The molecule has 1 amide bonds. The molecule has 0 aromatic carbocycles. The second kappa shape index (κ2) is 81.8. The molecule has 0 spiro atoms. The van der Waals surface area contributed by atoms with Crippen molar-refractivity contribution in [2.45, 2.75) is 501 Å². The van der Waals surface area contributed by atoms with Crippen molar-refractivity contribution in [3.8, 4) is 0 Å². The van der Waals surface area contributed by atoms with Crippen LogP contribution in [0, 0.1) is 0 Å². The Morgan fingerprint density at radius 2 is 0.543 bits per heavy atom. The first-order valence-corrected chi connectivity index (χ1v) is 42.6. The number of hydrogen-bond acceptors (Lipinski definition) is 5. The van der Waals surface area contributed by atoms with Gasteiger partial charge in [0.25, 0.3) is 0 Å². The molecule has 6 heteroatoms. The van der Waals surface area contributed by atoms with Crippen molar-refractivity contribution < 1.29 is 24.5 Å². The number of aliphatic hydroxyl groups is 2. The number of carbonyl (C=O) groups is 2. The minimum Gasteiger partial charge on any atom is -0.466 e. The Hall–Kier alpha value is -1.66. The summed E-state index contributed by atoms with van der Waals surface area (Å²) in [6.45, 7) is 5.02. The van der Waals surface area contributed by atoms with Gasteiger partial charge in [0.1, 0.15) is 0 Å². The molecule has 2 unspecified atom stereocenters. The summed E-state index contributed by atoms with van der Waals surface area (Å²) < 4.78 is 5.51. The molecule has 0 aromatic heterocycles. The van der Waals surface area contributed by atoms with Crippen molar-refractivity contribution in [2.24, 2.45) is 0 Å². The maximum absolute atomic E-state index is 12.6. The van der Waals surface area contributed by atoms with Crippen LogP contribution >= 0.6 is 0 Å². The third kappa shape index (κ3) is 77.3. The average molecular weight is 1300 g/mol. The van der Waals surface area contributed by atoms with Crippen LogP contribution in [0.2, 0.25) is 0 Å². The van der Waals surface area contributed by atoms with E-state index in [4.69, 9.17) is 4.74 Å². The van der Waals surface area contributed by atoms with Crippen molar-refractivity contribution in [2.75, 3.05) is 13.2 Å². The molecule has 0 fully saturated rings. The zero-order valence-corrected chi connectivity index (χ0v) is 62.8. The molecule has 92 heavy (non-hydrogen) atoms. The minimum atomic E-state index is -0.664. The number of unbranched alkanes of at least 4 members (excludes halogenated alkanes) is 66. The van der Waals surface area contributed by atoms with Crippen LogP contribution in [0.15, 0.2) is 24.3 Å². The fourth-order valence-corrected chi connectivity index (χ4v) is 13.8. The lowest BCUT2D eigenvalue weighted by Gasteiger charge is -2.22. The SMILES string of the molecule is CCCCCCCCCCCCCCCCCCCCCCCCC(O)C(CO)NC(=O)CCCCCCCCCCCCCCCCCCC/C=C\C/C=C\CCCCCCCCCCCCCCCOC(=O)CCCCCCCCCCCCCCCCCC. The van der Waals surface area contributed by atoms with Gasteiger partial charge in [-0.3, -0.25) is 9.59 Å². The molecular formula is C86H167NO5. The normalized spacial score (nSPS) is 12.5. The zero-order valence-electron chi connectivity index (χ0n) is 62.8. The number of nitrogens with one attached hydrogen (secondary N) is 1. The number of esters is 1. The topological polar surface area (TPSA) is 95.9 Å². The van der Waals surface area contributed by atoms with E-state index < -0.39 is 12.1 Å². The number of hydrogen-bond donors (Lipinski definition) is 3. The van der Waals surface area contributed by atoms with Crippen LogP contribution in [0.3, 0.4) is 0 Å². The molecule has 546 valence electrons. The fourth-order valence-electron chi connectivity index (χ4n) is 13.8. The fraction of sp³-hybridized carbons (Fsp3) is 0.930. The van der Waals surface area contributed by atoms with Gasteiger partial charge in [0.15, 0.2) is 0 Å². The van der Waals surface area contributed by atoms with Crippen molar-refractivity contribution in [1.82, 2.24) is 5.32 Å². The Morgan fingerprint density at radius 1 is 0.304 bits per heavy atom. The molecule has 6 nitrogen and oxygen atoms in total. The highest BCUT2D eigenvalue weighted by atomic mass is 16.5. The number of aliphatic hydroxyl groups excluding tert-OH is 2. The summed E-state index contributed by atoms with van der Waals surface area (Å²) in [4.78, 5) is 24.7. The van der Waals surface area contributed by atoms with Gasteiger partial charge in [-0.05, 0) is 57.8 Å². The highest BCUT2D eigenvalue weighted by molar-refractivity contribution is 5.76. The van der Waals surface area contributed by atoms with E-state index in [1.165, 1.54) is 411 Å². The molecule has 0 heterocycles. The van der Waals surface area contributed by atoms with E-state index in [1.807, 2.05) is 0 Å². The summed E-state index contributed by atoms with van der Waals surface area (Å²) >= 11 is 0. The van der Waals surface area contributed by atoms with Gasteiger partial charge in [0.05, 0.1) is 25.4 Å². The van der Waals surface area contributed by atoms with E-state index in [0.29, 0.717) is 25.9 Å². The Labute approximate surface area is 577 Å². The Morgan fingerprint density at radius 3 is 0.826 bits per heavy atom. The summed E-state index contributed by atoms with van der Waals surface area (Å²) in [7, 11) is 0. The number of allylic oxidation sites excluding steroid dienone is 4. The highest BCUT2D eigenvalue weighted by Gasteiger charge is 2.20. The quantitative estimate of drug-likeness (QED) is 0.0320. The van der Waals surface area contributed by atoms with E-state index in [0.717, 1.165) is 44.9 Å². The summed E-state index contributed by atoms with van der Waals surface area (Å²) in [5.41, 5.74) is 0. The largest absolute Gasteiger partial charge is 0.466 e.